The minimum atomic E-state index is -3.65. The number of ether oxygens (including phenoxy) is 2. The lowest BCUT2D eigenvalue weighted by Crippen LogP contribution is -2.43. The fourth-order valence-corrected chi connectivity index (χ4v) is 4.88. The van der Waals surface area contributed by atoms with E-state index in [4.69, 9.17) is 9.47 Å². The molecule has 0 bridgehead atoms. The normalized spacial score (nSPS) is 17.5. The van der Waals surface area contributed by atoms with Gasteiger partial charge in [-0.05, 0) is 49.4 Å². The molecule has 1 aliphatic heterocycles. The van der Waals surface area contributed by atoms with Gasteiger partial charge in [-0.3, -0.25) is 9.10 Å². The molecular formula is C21H24N2O5S. The highest BCUT2D eigenvalue weighted by Crippen LogP contribution is 2.36. The van der Waals surface area contributed by atoms with E-state index in [1.54, 1.807) is 25.1 Å². The van der Waals surface area contributed by atoms with E-state index in [-0.39, 0.29) is 31.0 Å². The Morgan fingerprint density at radius 3 is 2.79 bits per heavy atom. The Hall–Kier alpha value is -2.74. The maximum Gasteiger partial charge on any atom is 0.241 e. The first-order chi connectivity index (χ1) is 14.0. The van der Waals surface area contributed by atoms with Crippen LogP contribution in [0.25, 0.3) is 0 Å². The molecule has 0 saturated heterocycles. The first kappa shape index (κ1) is 19.6. The second kappa shape index (κ2) is 7.94. The van der Waals surface area contributed by atoms with Crippen LogP contribution in [-0.2, 0) is 21.2 Å². The molecule has 0 saturated carbocycles. The minimum absolute atomic E-state index is 0.0981. The van der Waals surface area contributed by atoms with Crippen molar-refractivity contribution in [2.45, 2.75) is 32.2 Å². The smallest absolute Gasteiger partial charge is 0.241 e. The number of benzene rings is 2. The average molecular weight is 416 g/mol. The Kier molecular flexibility index (Phi) is 5.36. The summed E-state index contributed by atoms with van der Waals surface area (Å²) in [7, 11) is -3.65. The third-order valence-corrected chi connectivity index (χ3v) is 7.08. The number of hydrogen-bond acceptors (Lipinski definition) is 5. The van der Waals surface area contributed by atoms with E-state index in [9.17, 15) is 13.2 Å². The molecule has 4 rings (SSSR count). The van der Waals surface area contributed by atoms with Crippen molar-refractivity contribution in [2.75, 3.05) is 23.4 Å². The largest absolute Gasteiger partial charge is 0.454 e. The summed E-state index contributed by atoms with van der Waals surface area (Å²) in [6.07, 6.45) is 2.82. The van der Waals surface area contributed by atoms with Crippen LogP contribution in [0.15, 0.2) is 42.5 Å². The van der Waals surface area contributed by atoms with Gasteiger partial charge in [-0.2, -0.15) is 0 Å². The average Bonchev–Trinajstić information content (AvgIpc) is 3.20. The van der Waals surface area contributed by atoms with Crippen molar-refractivity contribution in [1.82, 2.24) is 5.32 Å². The van der Waals surface area contributed by atoms with E-state index in [0.29, 0.717) is 17.2 Å². The quantitative estimate of drug-likeness (QED) is 0.783. The highest BCUT2D eigenvalue weighted by Gasteiger charge is 2.28. The summed E-state index contributed by atoms with van der Waals surface area (Å²) in [6, 6.07) is 12.8. The van der Waals surface area contributed by atoms with Crippen molar-refractivity contribution < 1.29 is 22.7 Å². The van der Waals surface area contributed by atoms with E-state index >= 15 is 0 Å². The molecule has 7 nitrogen and oxygen atoms in total. The summed E-state index contributed by atoms with van der Waals surface area (Å²) in [6.45, 7) is 1.37. The number of nitrogens with one attached hydrogen (secondary N) is 1. The molecular weight excluding hydrogens is 392 g/mol. The van der Waals surface area contributed by atoms with Gasteiger partial charge >= 0.3 is 0 Å². The second-order valence-corrected chi connectivity index (χ2v) is 9.34. The number of rotatable bonds is 6. The number of nitrogens with zero attached hydrogens (tertiary/aromatic N) is 1. The van der Waals surface area contributed by atoms with E-state index in [0.717, 1.165) is 29.1 Å². The topological polar surface area (TPSA) is 84.9 Å². The summed E-state index contributed by atoms with van der Waals surface area (Å²) in [4.78, 5) is 12.8. The molecule has 29 heavy (non-hydrogen) atoms. The van der Waals surface area contributed by atoms with E-state index < -0.39 is 10.0 Å². The third-order valence-electron chi connectivity index (χ3n) is 5.34. The van der Waals surface area contributed by atoms with Gasteiger partial charge in [0.1, 0.15) is 6.54 Å². The molecule has 1 unspecified atom stereocenters. The van der Waals surface area contributed by atoms with Crippen molar-refractivity contribution in [3.05, 3.63) is 53.6 Å². The molecule has 1 heterocycles. The van der Waals surface area contributed by atoms with Crippen LogP contribution in [0.4, 0.5) is 5.69 Å². The lowest BCUT2D eigenvalue weighted by molar-refractivity contribution is -0.120. The van der Waals surface area contributed by atoms with Gasteiger partial charge in [0.2, 0.25) is 22.7 Å². The summed E-state index contributed by atoms with van der Waals surface area (Å²) < 4.78 is 37.2. The SMILES string of the molecule is CCS(=O)(=O)N(CC(=O)NC1CCCc2ccccc21)c1ccc2c(c1)OCO2. The Morgan fingerprint density at radius 2 is 1.97 bits per heavy atom. The van der Waals surface area contributed by atoms with Crippen molar-refractivity contribution in [3.8, 4) is 11.5 Å². The highest BCUT2D eigenvalue weighted by atomic mass is 32.2. The monoisotopic (exact) mass is 416 g/mol. The van der Waals surface area contributed by atoms with Crippen LogP contribution in [0.5, 0.6) is 11.5 Å². The molecule has 154 valence electrons. The molecule has 8 heteroatoms. The van der Waals surface area contributed by atoms with Crippen LogP contribution in [0.3, 0.4) is 0 Å². The summed E-state index contributed by atoms with van der Waals surface area (Å²) >= 11 is 0. The first-order valence-corrected chi connectivity index (χ1v) is 11.4. The van der Waals surface area contributed by atoms with Crippen LogP contribution in [0.1, 0.15) is 36.9 Å². The molecule has 2 aliphatic rings. The van der Waals surface area contributed by atoms with Crippen molar-refractivity contribution >= 4 is 21.6 Å². The van der Waals surface area contributed by atoms with Crippen molar-refractivity contribution in [3.63, 3.8) is 0 Å². The molecule has 0 aromatic heterocycles. The summed E-state index contributed by atoms with van der Waals surface area (Å²) in [5, 5.41) is 3.02. The van der Waals surface area contributed by atoms with Crippen LogP contribution in [0, 0.1) is 0 Å². The van der Waals surface area contributed by atoms with E-state index in [2.05, 4.69) is 11.4 Å². The van der Waals surface area contributed by atoms with Crippen LogP contribution in [0.2, 0.25) is 0 Å². The Bertz CT molecular complexity index is 1020. The van der Waals surface area contributed by atoms with Gasteiger partial charge < -0.3 is 14.8 Å². The molecule has 1 amide bonds. The predicted octanol–water partition coefficient (Wildman–Crippen LogP) is 2.77. The zero-order valence-corrected chi connectivity index (χ0v) is 17.1. The van der Waals surface area contributed by atoms with Gasteiger partial charge in [0, 0.05) is 6.07 Å². The molecule has 0 fully saturated rings. The van der Waals surface area contributed by atoms with Crippen molar-refractivity contribution in [1.29, 1.82) is 0 Å². The Labute approximate surface area is 170 Å². The van der Waals surface area contributed by atoms with E-state index in [1.165, 1.54) is 5.56 Å². The number of aryl methyl sites for hydroxylation is 1. The van der Waals surface area contributed by atoms with Crippen LogP contribution in [-0.4, -0.2) is 33.4 Å². The fraction of sp³-hybridized carbons (Fsp3) is 0.381. The third kappa shape index (κ3) is 4.03. The molecule has 1 N–H and O–H groups in total. The predicted molar refractivity (Wildman–Crippen MR) is 110 cm³/mol. The summed E-state index contributed by atoms with van der Waals surface area (Å²) in [5.41, 5.74) is 2.73. The number of hydrogen-bond donors (Lipinski definition) is 1. The molecule has 1 aliphatic carbocycles. The zero-order chi connectivity index (χ0) is 20.4. The zero-order valence-electron chi connectivity index (χ0n) is 16.3. The molecule has 0 spiro atoms. The maximum atomic E-state index is 12.8. The lowest BCUT2D eigenvalue weighted by Gasteiger charge is -2.28. The van der Waals surface area contributed by atoms with Gasteiger partial charge in [0.15, 0.2) is 11.5 Å². The Balaban J connectivity index is 1.55. The van der Waals surface area contributed by atoms with Crippen LogP contribution >= 0.6 is 0 Å². The van der Waals surface area contributed by atoms with E-state index in [1.807, 2.05) is 18.2 Å². The molecule has 1 atom stereocenters. The van der Waals surface area contributed by atoms with Gasteiger partial charge in [-0.15, -0.1) is 0 Å². The lowest BCUT2D eigenvalue weighted by atomic mass is 9.88. The Morgan fingerprint density at radius 1 is 1.17 bits per heavy atom. The minimum Gasteiger partial charge on any atom is -0.454 e. The van der Waals surface area contributed by atoms with Gasteiger partial charge in [0.25, 0.3) is 0 Å². The van der Waals surface area contributed by atoms with Gasteiger partial charge in [-0.25, -0.2) is 8.42 Å². The number of anilines is 1. The standard InChI is InChI=1S/C21H24N2O5S/c1-2-29(25,26)23(16-10-11-19-20(12-16)28-14-27-19)13-21(24)22-18-9-5-7-15-6-3-4-8-17(15)18/h3-4,6,8,10-12,18H,2,5,7,9,13-14H2,1H3,(H,22,24). The highest BCUT2D eigenvalue weighted by molar-refractivity contribution is 7.92. The number of carbonyl (C=O) groups excluding carboxylic acids is 1. The number of fused-ring (bicyclic) bond motifs is 2. The summed E-state index contributed by atoms with van der Waals surface area (Å²) in [5.74, 6) is 0.591. The molecule has 0 radical (unpaired) electrons. The fourth-order valence-electron chi connectivity index (χ4n) is 3.82. The number of sulfonamides is 1. The van der Waals surface area contributed by atoms with Gasteiger partial charge in [-0.1, -0.05) is 24.3 Å². The second-order valence-electron chi connectivity index (χ2n) is 7.16. The first-order valence-electron chi connectivity index (χ1n) is 9.75. The van der Waals surface area contributed by atoms with Crippen LogP contribution < -0.4 is 19.1 Å². The maximum absolute atomic E-state index is 12.8. The molecule has 2 aromatic rings. The molecule has 2 aromatic carbocycles. The number of carbonyl (C=O) groups is 1. The van der Waals surface area contributed by atoms with Gasteiger partial charge in [0.05, 0.1) is 17.5 Å². The number of amides is 1. The van der Waals surface area contributed by atoms with Crippen molar-refractivity contribution in [2.24, 2.45) is 0 Å².